The lowest BCUT2D eigenvalue weighted by atomic mass is 9.93. The summed E-state index contributed by atoms with van der Waals surface area (Å²) in [6.07, 6.45) is 4.64. The number of guanidine groups is 1. The Bertz CT molecular complexity index is 835. The van der Waals surface area contributed by atoms with Gasteiger partial charge in [-0.15, -0.1) is 0 Å². The first-order chi connectivity index (χ1) is 14.1. The van der Waals surface area contributed by atoms with Crippen molar-refractivity contribution in [2.75, 3.05) is 26.7 Å². The number of hydrogen-bond donors (Lipinski definition) is 2. The molecule has 0 spiro atoms. The van der Waals surface area contributed by atoms with Crippen molar-refractivity contribution in [2.45, 2.75) is 39.7 Å². The van der Waals surface area contributed by atoms with Gasteiger partial charge in [0, 0.05) is 39.3 Å². The van der Waals surface area contributed by atoms with Crippen LogP contribution in [0.15, 0.2) is 41.5 Å². The molecule has 2 N–H and O–H groups in total. The number of piperidine rings is 1. The van der Waals surface area contributed by atoms with Crippen molar-refractivity contribution < 1.29 is 4.79 Å². The van der Waals surface area contributed by atoms with Gasteiger partial charge in [-0.3, -0.25) is 4.79 Å². The molecule has 1 aliphatic rings. The van der Waals surface area contributed by atoms with Gasteiger partial charge in [-0.2, -0.15) is 5.10 Å². The van der Waals surface area contributed by atoms with Gasteiger partial charge >= 0.3 is 0 Å². The fourth-order valence-electron chi connectivity index (χ4n) is 3.72. The van der Waals surface area contributed by atoms with Gasteiger partial charge in [-0.05, 0) is 50.3 Å². The van der Waals surface area contributed by atoms with Crippen molar-refractivity contribution in [1.29, 1.82) is 0 Å². The van der Waals surface area contributed by atoms with Crippen LogP contribution in [0.4, 0.5) is 0 Å². The van der Waals surface area contributed by atoms with E-state index in [-0.39, 0.29) is 5.91 Å². The zero-order chi connectivity index (χ0) is 20.6. The number of nitrogens with one attached hydrogen (secondary N) is 2. The fraction of sp³-hybridized carbons (Fsp3) is 0.500. The summed E-state index contributed by atoms with van der Waals surface area (Å²) in [7, 11) is 1.70. The van der Waals surface area contributed by atoms with Crippen LogP contribution in [0.1, 0.15) is 37.4 Å². The van der Waals surface area contributed by atoms with Crippen molar-refractivity contribution in [3.8, 4) is 5.69 Å². The third-order valence-electron chi connectivity index (χ3n) is 5.36. The van der Waals surface area contributed by atoms with Gasteiger partial charge in [0.1, 0.15) is 0 Å². The van der Waals surface area contributed by atoms with E-state index in [0.717, 1.165) is 55.4 Å². The van der Waals surface area contributed by atoms with Crippen molar-refractivity contribution in [1.82, 2.24) is 25.3 Å². The molecule has 1 aromatic heterocycles. The number of rotatable bonds is 6. The Hall–Kier alpha value is -2.83. The molecule has 0 unspecified atom stereocenters. The molecule has 0 atom stereocenters. The van der Waals surface area contributed by atoms with Crippen LogP contribution in [0.25, 0.3) is 5.69 Å². The van der Waals surface area contributed by atoms with E-state index in [0.29, 0.717) is 18.9 Å². The van der Waals surface area contributed by atoms with Crippen LogP contribution in [0, 0.1) is 12.8 Å². The van der Waals surface area contributed by atoms with Gasteiger partial charge in [0.05, 0.1) is 17.9 Å². The summed E-state index contributed by atoms with van der Waals surface area (Å²) in [4.78, 5) is 18.9. The summed E-state index contributed by atoms with van der Waals surface area (Å²) in [6, 6.07) is 10.3. The van der Waals surface area contributed by atoms with Crippen LogP contribution in [-0.4, -0.2) is 53.2 Å². The van der Waals surface area contributed by atoms with E-state index < -0.39 is 0 Å². The Morgan fingerprint density at radius 3 is 2.66 bits per heavy atom. The van der Waals surface area contributed by atoms with Crippen molar-refractivity contribution in [3.63, 3.8) is 0 Å². The molecule has 7 nitrogen and oxygen atoms in total. The fourth-order valence-corrected chi connectivity index (χ4v) is 3.72. The summed E-state index contributed by atoms with van der Waals surface area (Å²) >= 11 is 0. The molecule has 0 aliphatic carbocycles. The zero-order valence-electron chi connectivity index (χ0n) is 17.7. The third-order valence-corrected chi connectivity index (χ3v) is 5.36. The van der Waals surface area contributed by atoms with Gasteiger partial charge in [0.15, 0.2) is 5.96 Å². The van der Waals surface area contributed by atoms with E-state index >= 15 is 0 Å². The molecule has 1 saturated heterocycles. The SMILES string of the molecule is CCNC(=NCc1ccccc1-n1ccc(C)n1)N1CCC(CC(=O)NC)CC1. The van der Waals surface area contributed by atoms with E-state index in [1.165, 1.54) is 0 Å². The number of para-hydroxylation sites is 1. The number of amides is 1. The number of aryl methyl sites for hydroxylation is 1. The Labute approximate surface area is 173 Å². The first-order valence-electron chi connectivity index (χ1n) is 10.4. The highest BCUT2D eigenvalue weighted by Crippen LogP contribution is 2.21. The molecule has 156 valence electrons. The second-order valence-electron chi connectivity index (χ2n) is 7.51. The van der Waals surface area contributed by atoms with Crippen molar-refractivity contribution in [3.05, 3.63) is 47.8 Å². The van der Waals surface area contributed by atoms with Crippen LogP contribution >= 0.6 is 0 Å². The smallest absolute Gasteiger partial charge is 0.220 e. The lowest BCUT2D eigenvalue weighted by Gasteiger charge is -2.34. The summed E-state index contributed by atoms with van der Waals surface area (Å²) in [5.41, 5.74) is 3.20. The van der Waals surface area contributed by atoms with Gasteiger partial charge in [0.2, 0.25) is 5.91 Å². The first-order valence-corrected chi connectivity index (χ1v) is 10.4. The summed E-state index contributed by atoms with van der Waals surface area (Å²) in [6.45, 7) is 7.36. The highest BCUT2D eigenvalue weighted by atomic mass is 16.1. The lowest BCUT2D eigenvalue weighted by Crippen LogP contribution is -2.46. The Balaban J connectivity index is 1.69. The normalized spacial score (nSPS) is 15.4. The van der Waals surface area contributed by atoms with E-state index in [1.807, 2.05) is 36.0 Å². The topological polar surface area (TPSA) is 74.5 Å². The monoisotopic (exact) mass is 396 g/mol. The van der Waals surface area contributed by atoms with E-state index in [4.69, 9.17) is 4.99 Å². The Morgan fingerprint density at radius 2 is 2.00 bits per heavy atom. The summed E-state index contributed by atoms with van der Waals surface area (Å²) in [5.74, 6) is 1.53. The first kappa shape index (κ1) is 20.9. The standard InChI is InChI=1S/C22H32N6O/c1-4-24-22(27-12-10-18(11-13-27)15-21(29)23-3)25-16-19-7-5-6-8-20(19)28-14-9-17(2)26-28/h5-9,14,18H,4,10-13,15-16H2,1-3H3,(H,23,29)(H,24,25). The molecule has 1 fully saturated rings. The van der Waals surface area contributed by atoms with Crippen molar-refractivity contribution in [2.24, 2.45) is 10.9 Å². The highest BCUT2D eigenvalue weighted by Gasteiger charge is 2.23. The van der Waals surface area contributed by atoms with Crippen molar-refractivity contribution >= 4 is 11.9 Å². The molecular weight excluding hydrogens is 364 g/mol. The second kappa shape index (κ2) is 10.1. The number of carbonyl (C=O) groups is 1. The largest absolute Gasteiger partial charge is 0.359 e. The zero-order valence-corrected chi connectivity index (χ0v) is 17.7. The van der Waals surface area contributed by atoms with Crippen LogP contribution in [-0.2, 0) is 11.3 Å². The molecule has 2 heterocycles. The minimum absolute atomic E-state index is 0.134. The number of nitrogens with zero attached hydrogens (tertiary/aromatic N) is 4. The van der Waals surface area contributed by atoms with Crippen LogP contribution in [0.5, 0.6) is 0 Å². The van der Waals surface area contributed by atoms with Gasteiger partial charge in [-0.1, -0.05) is 18.2 Å². The molecule has 1 aliphatic heterocycles. The molecule has 3 rings (SSSR count). The minimum Gasteiger partial charge on any atom is -0.359 e. The maximum Gasteiger partial charge on any atom is 0.220 e. The number of carbonyl (C=O) groups excluding carboxylic acids is 1. The maximum absolute atomic E-state index is 11.6. The molecular formula is C22H32N6O. The maximum atomic E-state index is 11.6. The number of hydrogen-bond acceptors (Lipinski definition) is 3. The second-order valence-corrected chi connectivity index (χ2v) is 7.51. The molecule has 1 aromatic carbocycles. The number of likely N-dealkylation sites (tertiary alicyclic amines) is 1. The van der Waals surface area contributed by atoms with E-state index in [9.17, 15) is 4.79 Å². The molecule has 1 amide bonds. The molecule has 29 heavy (non-hydrogen) atoms. The average molecular weight is 397 g/mol. The quantitative estimate of drug-likeness (QED) is 0.581. The van der Waals surface area contributed by atoms with Crippen LogP contribution in [0.2, 0.25) is 0 Å². The number of benzene rings is 1. The number of aromatic nitrogens is 2. The minimum atomic E-state index is 0.134. The van der Waals surface area contributed by atoms with Gasteiger partial charge in [0.25, 0.3) is 0 Å². The van der Waals surface area contributed by atoms with Gasteiger partial charge < -0.3 is 15.5 Å². The predicted octanol–water partition coefficient (Wildman–Crippen LogP) is 2.49. The molecule has 0 radical (unpaired) electrons. The lowest BCUT2D eigenvalue weighted by molar-refractivity contribution is -0.121. The highest BCUT2D eigenvalue weighted by molar-refractivity contribution is 5.80. The average Bonchev–Trinajstić information content (AvgIpc) is 3.18. The number of aliphatic imine (C=N–C) groups is 1. The van der Waals surface area contributed by atoms with Crippen LogP contribution in [0.3, 0.4) is 0 Å². The molecule has 7 heteroatoms. The summed E-state index contributed by atoms with van der Waals surface area (Å²) < 4.78 is 1.91. The van der Waals surface area contributed by atoms with Crippen LogP contribution < -0.4 is 10.6 Å². The molecule has 0 saturated carbocycles. The summed E-state index contributed by atoms with van der Waals surface area (Å²) in [5, 5.41) is 10.7. The van der Waals surface area contributed by atoms with Gasteiger partial charge in [-0.25, -0.2) is 9.67 Å². The van der Waals surface area contributed by atoms with E-state index in [1.54, 1.807) is 7.05 Å². The molecule has 2 aromatic rings. The predicted molar refractivity (Wildman–Crippen MR) is 116 cm³/mol. The molecule has 0 bridgehead atoms. The van der Waals surface area contributed by atoms with E-state index in [2.05, 4.69) is 39.7 Å². The Morgan fingerprint density at radius 1 is 1.24 bits per heavy atom. The Kier molecular flexibility index (Phi) is 7.27. The third kappa shape index (κ3) is 5.59.